The summed E-state index contributed by atoms with van der Waals surface area (Å²) in [5, 5.41) is 0. The van der Waals surface area contributed by atoms with Gasteiger partial charge in [-0.1, -0.05) is 36.4 Å². The number of carbonyl (C=O) groups excluding carboxylic acids is 2. The van der Waals surface area contributed by atoms with E-state index in [4.69, 9.17) is 0 Å². The molecule has 3 aromatic rings. The molecule has 0 aliphatic carbocycles. The van der Waals surface area contributed by atoms with E-state index >= 15 is 0 Å². The van der Waals surface area contributed by atoms with Crippen molar-refractivity contribution in [2.45, 2.75) is 26.2 Å². The van der Waals surface area contributed by atoms with E-state index in [1.165, 1.54) is 6.33 Å². The molecule has 6 heteroatoms. The van der Waals surface area contributed by atoms with Crippen LogP contribution in [0.3, 0.4) is 0 Å². The zero-order valence-electron chi connectivity index (χ0n) is 15.2. The summed E-state index contributed by atoms with van der Waals surface area (Å²) in [6.07, 6.45) is 1.51. The van der Waals surface area contributed by atoms with Crippen molar-refractivity contribution < 1.29 is 9.59 Å². The second-order valence-corrected chi connectivity index (χ2v) is 7.14. The highest BCUT2D eigenvalue weighted by Gasteiger charge is 2.28. The summed E-state index contributed by atoms with van der Waals surface area (Å²) in [6.45, 7) is 2.04. The summed E-state index contributed by atoms with van der Waals surface area (Å²) in [7, 11) is 0. The van der Waals surface area contributed by atoms with Gasteiger partial charge in [0.1, 0.15) is 6.33 Å². The Hall–Kier alpha value is -3.54. The lowest BCUT2D eigenvalue weighted by atomic mass is 10.1. The van der Waals surface area contributed by atoms with E-state index in [2.05, 4.69) is 9.97 Å². The summed E-state index contributed by atoms with van der Waals surface area (Å²) in [4.78, 5) is 37.3. The highest BCUT2D eigenvalue weighted by Crippen LogP contribution is 2.25. The SMILES string of the molecule is O=C1c2ccccc2CN1Cc1cc(CN2Cc3ccccc3C2=O)ncn1. The molecule has 0 spiro atoms. The van der Waals surface area contributed by atoms with Gasteiger partial charge >= 0.3 is 0 Å². The van der Waals surface area contributed by atoms with Gasteiger partial charge in [0.25, 0.3) is 11.8 Å². The maximum Gasteiger partial charge on any atom is 0.254 e. The summed E-state index contributed by atoms with van der Waals surface area (Å²) >= 11 is 0. The number of rotatable bonds is 4. The first kappa shape index (κ1) is 16.6. The van der Waals surface area contributed by atoms with Crippen LogP contribution in [0.5, 0.6) is 0 Å². The molecule has 3 heterocycles. The van der Waals surface area contributed by atoms with E-state index in [1.807, 2.05) is 54.6 Å². The highest BCUT2D eigenvalue weighted by molar-refractivity contribution is 5.98. The highest BCUT2D eigenvalue weighted by atomic mass is 16.2. The van der Waals surface area contributed by atoms with E-state index in [-0.39, 0.29) is 11.8 Å². The molecule has 0 N–H and O–H groups in total. The maximum absolute atomic E-state index is 12.6. The summed E-state index contributed by atoms with van der Waals surface area (Å²) in [5.74, 6) is 0.0573. The molecule has 6 nitrogen and oxygen atoms in total. The maximum atomic E-state index is 12.6. The van der Waals surface area contributed by atoms with Crippen LogP contribution in [-0.4, -0.2) is 31.6 Å². The lowest BCUT2D eigenvalue weighted by Crippen LogP contribution is -2.25. The molecule has 0 saturated heterocycles. The first-order chi connectivity index (χ1) is 13.7. The van der Waals surface area contributed by atoms with Crippen LogP contribution in [0, 0.1) is 0 Å². The second-order valence-electron chi connectivity index (χ2n) is 7.14. The number of benzene rings is 2. The number of hydrogen-bond donors (Lipinski definition) is 0. The molecule has 2 aliphatic rings. The number of aromatic nitrogens is 2. The van der Waals surface area contributed by atoms with E-state index < -0.39 is 0 Å². The van der Waals surface area contributed by atoms with Crippen LogP contribution in [0.1, 0.15) is 43.2 Å². The van der Waals surface area contributed by atoms with Crippen molar-refractivity contribution in [2.24, 2.45) is 0 Å². The summed E-state index contributed by atoms with van der Waals surface area (Å²) in [5.41, 5.74) is 5.16. The minimum absolute atomic E-state index is 0.0286. The van der Waals surface area contributed by atoms with E-state index in [0.29, 0.717) is 26.2 Å². The van der Waals surface area contributed by atoms with Crippen LogP contribution in [0.2, 0.25) is 0 Å². The van der Waals surface area contributed by atoms with Crippen LogP contribution in [-0.2, 0) is 26.2 Å². The molecule has 28 heavy (non-hydrogen) atoms. The molecule has 0 unspecified atom stereocenters. The average molecular weight is 370 g/mol. The normalized spacial score (nSPS) is 15.1. The van der Waals surface area contributed by atoms with Gasteiger partial charge in [-0.05, 0) is 29.3 Å². The fraction of sp³-hybridized carbons (Fsp3) is 0.182. The Morgan fingerprint density at radius 3 is 1.64 bits per heavy atom. The largest absolute Gasteiger partial charge is 0.328 e. The Morgan fingerprint density at radius 2 is 1.18 bits per heavy atom. The van der Waals surface area contributed by atoms with Gasteiger partial charge in [-0.25, -0.2) is 9.97 Å². The van der Waals surface area contributed by atoms with Gasteiger partial charge in [0.2, 0.25) is 0 Å². The molecule has 2 aromatic carbocycles. The van der Waals surface area contributed by atoms with Crippen LogP contribution >= 0.6 is 0 Å². The first-order valence-corrected chi connectivity index (χ1v) is 9.23. The number of nitrogens with zero attached hydrogens (tertiary/aromatic N) is 4. The number of hydrogen-bond acceptors (Lipinski definition) is 4. The Bertz CT molecular complexity index is 1010. The third-order valence-corrected chi connectivity index (χ3v) is 5.28. The van der Waals surface area contributed by atoms with Crippen LogP contribution in [0.4, 0.5) is 0 Å². The standard InChI is InChI=1S/C22H18N4O2/c27-21-19-7-3-1-5-15(19)10-25(21)12-17-9-18(24-14-23-17)13-26-11-16-6-2-4-8-20(16)22(26)28/h1-9,14H,10-13H2. The van der Waals surface area contributed by atoms with Gasteiger partial charge in [0.15, 0.2) is 0 Å². The topological polar surface area (TPSA) is 66.4 Å². The van der Waals surface area contributed by atoms with Crippen molar-refractivity contribution in [2.75, 3.05) is 0 Å². The zero-order chi connectivity index (χ0) is 19.1. The van der Waals surface area contributed by atoms with Crippen LogP contribution in [0.25, 0.3) is 0 Å². The quantitative estimate of drug-likeness (QED) is 0.708. The van der Waals surface area contributed by atoms with Crippen molar-refractivity contribution in [3.8, 4) is 0 Å². The Kier molecular flexibility index (Phi) is 3.90. The summed E-state index contributed by atoms with van der Waals surface area (Å²) in [6, 6.07) is 17.2. The fourth-order valence-electron chi connectivity index (χ4n) is 3.89. The predicted molar refractivity (Wildman–Crippen MR) is 102 cm³/mol. The predicted octanol–water partition coefficient (Wildman–Crippen LogP) is 2.79. The Labute approximate surface area is 162 Å². The van der Waals surface area contributed by atoms with E-state index in [1.54, 1.807) is 9.80 Å². The molecular weight excluding hydrogens is 352 g/mol. The molecule has 138 valence electrons. The molecule has 0 radical (unpaired) electrons. The lowest BCUT2D eigenvalue weighted by Gasteiger charge is -2.17. The minimum atomic E-state index is 0.0286. The molecule has 0 saturated carbocycles. The number of fused-ring (bicyclic) bond motifs is 2. The molecule has 0 bridgehead atoms. The molecule has 1 aromatic heterocycles. The molecule has 2 amide bonds. The van der Waals surface area contributed by atoms with Crippen molar-refractivity contribution >= 4 is 11.8 Å². The molecule has 5 rings (SSSR count). The minimum Gasteiger partial charge on any atom is -0.328 e. The van der Waals surface area contributed by atoms with Gasteiger partial charge in [0.05, 0.1) is 24.5 Å². The molecule has 2 aliphatic heterocycles. The number of carbonyl (C=O) groups is 2. The smallest absolute Gasteiger partial charge is 0.254 e. The summed E-state index contributed by atoms with van der Waals surface area (Å²) < 4.78 is 0. The average Bonchev–Trinajstić information content (AvgIpc) is 3.20. The van der Waals surface area contributed by atoms with Gasteiger partial charge in [-0.2, -0.15) is 0 Å². The van der Waals surface area contributed by atoms with Crippen molar-refractivity contribution in [3.63, 3.8) is 0 Å². The van der Waals surface area contributed by atoms with Gasteiger partial charge in [0, 0.05) is 24.2 Å². The van der Waals surface area contributed by atoms with Crippen molar-refractivity contribution in [1.82, 2.24) is 19.8 Å². The fourth-order valence-corrected chi connectivity index (χ4v) is 3.89. The zero-order valence-corrected chi connectivity index (χ0v) is 15.2. The first-order valence-electron chi connectivity index (χ1n) is 9.23. The molecule has 0 fully saturated rings. The van der Waals surface area contributed by atoms with Gasteiger partial charge in [-0.3, -0.25) is 9.59 Å². The Balaban J connectivity index is 1.30. The number of amides is 2. The van der Waals surface area contributed by atoms with Crippen molar-refractivity contribution in [1.29, 1.82) is 0 Å². The monoisotopic (exact) mass is 370 g/mol. The van der Waals surface area contributed by atoms with Gasteiger partial charge in [-0.15, -0.1) is 0 Å². The van der Waals surface area contributed by atoms with E-state index in [0.717, 1.165) is 33.6 Å². The third kappa shape index (κ3) is 2.83. The van der Waals surface area contributed by atoms with E-state index in [9.17, 15) is 9.59 Å². The molecule has 0 atom stereocenters. The third-order valence-electron chi connectivity index (χ3n) is 5.28. The molecular formula is C22H18N4O2. The lowest BCUT2D eigenvalue weighted by molar-refractivity contribution is 0.0761. The van der Waals surface area contributed by atoms with Gasteiger partial charge < -0.3 is 9.80 Å². The van der Waals surface area contributed by atoms with Crippen LogP contribution in [0.15, 0.2) is 60.9 Å². The van der Waals surface area contributed by atoms with Crippen LogP contribution < -0.4 is 0 Å². The Morgan fingerprint density at radius 1 is 0.714 bits per heavy atom. The second kappa shape index (κ2) is 6.56. The van der Waals surface area contributed by atoms with Crippen molar-refractivity contribution in [3.05, 3.63) is 94.6 Å².